The van der Waals surface area contributed by atoms with Gasteiger partial charge < -0.3 is 15.5 Å². The predicted octanol–water partition coefficient (Wildman–Crippen LogP) is 4.53. The van der Waals surface area contributed by atoms with Crippen LogP contribution < -0.4 is 10.6 Å². The Labute approximate surface area is 169 Å². The Balaban J connectivity index is 1.38. The van der Waals surface area contributed by atoms with Crippen molar-refractivity contribution in [2.45, 2.75) is 25.4 Å². The number of anilines is 2. The van der Waals surface area contributed by atoms with Crippen molar-refractivity contribution >= 4 is 23.3 Å². The van der Waals surface area contributed by atoms with Gasteiger partial charge in [-0.15, -0.1) is 0 Å². The van der Waals surface area contributed by atoms with E-state index < -0.39 is 0 Å². The van der Waals surface area contributed by atoms with Crippen molar-refractivity contribution in [3.63, 3.8) is 0 Å². The van der Waals surface area contributed by atoms with E-state index in [4.69, 9.17) is 0 Å². The van der Waals surface area contributed by atoms with Crippen LogP contribution in [0.25, 0.3) is 0 Å². The van der Waals surface area contributed by atoms with Crippen LogP contribution in [-0.4, -0.2) is 27.9 Å². The number of carbonyl (C=O) groups is 2. The molecule has 0 bridgehead atoms. The molecule has 3 aromatic rings. The molecule has 146 valence electrons. The Morgan fingerprint density at radius 3 is 2.21 bits per heavy atom. The molecule has 4 rings (SSSR count). The van der Waals surface area contributed by atoms with E-state index in [0.717, 1.165) is 24.2 Å². The molecule has 1 saturated carbocycles. The van der Waals surface area contributed by atoms with Gasteiger partial charge in [0, 0.05) is 29.2 Å². The molecule has 1 fully saturated rings. The second kappa shape index (κ2) is 8.56. The molecule has 0 saturated heterocycles. The molecule has 0 spiro atoms. The Hall–Kier alpha value is -3.67. The molecule has 2 aromatic carbocycles. The molecule has 0 atom stereocenters. The summed E-state index contributed by atoms with van der Waals surface area (Å²) in [6.07, 6.45) is 3.76. The van der Waals surface area contributed by atoms with Crippen LogP contribution >= 0.6 is 0 Å². The molecule has 1 aliphatic rings. The predicted molar refractivity (Wildman–Crippen MR) is 113 cm³/mol. The highest BCUT2D eigenvalue weighted by Crippen LogP contribution is 2.28. The van der Waals surface area contributed by atoms with Crippen molar-refractivity contribution in [3.05, 3.63) is 90.3 Å². The van der Waals surface area contributed by atoms with E-state index in [9.17, 15) is 9.59 Å². The smallest absolute Gasteiger partial charge is 0.322 e. The molecule has 6 nitrogen and oxygen atoms in total. The van der Waals surface area contributed by atoms with Gasteiger partial charge in [0.05, 0.1) is 12.2 Å². The van der Waals surface area contributed by atoms with E-state index in [2.05, 4.69) is 15.6 Å². The van der Waals surface area contributed by atoms with Crippen LogP contribution in [0.15, 0.2) is 79.0 Å². The summed E-state index contributed by atoms with van der Waals surface area (Å²) in [6, 6.07) is 22.0. The first-order chi connectivity index (χ1) is 14.2. The maximum absolute atomic E-state index is 12.8. The van der Waals surface area contributed by atoms with Gasteiger partial charge >= 0.3 is 6.03 Å². The molecule has 29 heavy (non-hydrogen) atoms. The number of carbonyl (C=O) groups excluding carboxylic acids is 2. The number of benzene rings is 2. The lowest BCUT2D eigenvalue weighted by Gasteiger charge is -2.22. The second-order valence-corrected chi connectivity index (χ2v) is 7.01. The highest BCUT2D eigenvalue weighted by Gasteiger charge is 2.32. The molecule has 3 amide bonds. The summed E-state index contributed by atoms with van der Waals surface area (Å²) >= 11 is 0. The number of nitrogens with one attached hydrogen (secondary N) is 2. The van der Waals surface area contributed by atoms with Crippen LogP contribution in [0.2, 0.25) is 0 Å². The van der Waals surface area contributed by atoms with E-state index >= 15 is 0 Å². The van der Waals surface area contributed by atoms with E-state index in [1.54, 1.807) is 30.5 Å². The minimum atomic E-state index is -0.191. The number of hydrogen-bond acceptors (Lipinski definition) is 3. The summed E-state index contributed by atoms with van der Waals surface area (Å²) in [5, 5.41) is 5.77. The number of rotatable bonds is 6. The molecule has 1 heterocycles. The van der Waals surface area contributed by atoms with Gasteiger partial charge in [0.15, 0.2) is 0 Å². The maximum atomic E-state index is 12.8. The summed E-state index contributed by atoms with van der Waals surface area (Å²) in [7, 11) is 0. The highest BCUT2D eigenvalue weighted by molar-refractivity contribution is 6.04. The van der Waals surface area contributed by atoms with Crippen LogP contribution in [0.1, 0.15) is 28.9 Å². The minimum Gasteiger partial charge on any atom is -0.322 e. The average Bonchev–Trinajstić information content (AvgIpc) is 3.59. The zero-order valence-corrected chi connectivity index (χ0v) is 15.9. The third kappa shape index (κ3) is 4.99. The van der Waals surface area contributed by atoms with Crippen molar-refractivity contribution in [1.29, 1.82) is 0 Å². The fraction of sp³-hybridized carbons (Fsp3) is 0.174. The molecule has 0 unspecified atom stereocenters. The van der Waals surface area contributed by atoms with Gasteiger partial charge in [0.1, 0.15) is 0 Å². The number of pyridine rings is 1. The number of para-hydroxylation sites is 1. The normalized spacial score (nSPS) is 12.8. The summed E-state index contributed by atoms with van der Waals surface area (Å²) in [5.74, 6) is -0.191. The summed E-state index contributed by atoms with van der Waals surface area (Å²) in [5.41, 5.74) is 2.78. The molecular formula is C23H22N4O2. The van der Waals surface area contributed by atoms with Crippen LogP contribution in [0.5, 0.6) is 0 Å². The Kier molecular flexibility index (Phi) is 5.52. The number of urea groups is 1. The van der Waals surface area contributed by atoms with Gasteiger partial charge in [-0.25, -0.2) is 4.79 Å². The topological polar surface area (TPSA) is 74.3 Å². The first-order valence-corrected chi connectivity index (χ1v) is 9.63. The highest BCUT2D eigenvalue weighted by atomic mass is 16.2. The molecule has 2 N–H and O–H groups in total. The molecule has 0 radical (unpaired) electrons. The van der Waals surface area contributed by atoms with E-state index in [-0.39, 0.29) is 18.0 Å². The number of aromatic nitrogens is 1. The van der Waals surface area contributed by atoms with Gasteiger partial charge in [0.25, 0.3) is 5.91 Å². The molecule has 0 aliphatic heterocycles. The van der Waals surface area contributed by atoms with Crippen LogP contribution in [0, 0.1) is 0 Å². The fourth-order valence-corrected chi connectivity index (χ4v) is 3.04. The zero-order valence-electron chi connectivity index (χ0n) is 15.9. The second-order valence-electron chi connectivity index (χ2n) is 7.01. The van der Waals surface area contributed by atoms with Crippen molar-refractivity contribution < 1.29 is 9.59 Å². The zero-order chi connectivity index (χ0) is 20.1. The van der Waals surface area contributed by atoms with Gasteiger partial charge in [-0.2, -0.15) is 0 Å². The molecule has 1 aliphatic carbocycles. The van der Waals surface area contributed by atoms with E-state index in [1.165, 1.54) is 0 Å². The monoisotopic (exact) mass is 386 g/mol. The Morgan fingerprint density at radius 2 is 1.55 bits per heavy atom. The number of nitrogens with zero attached hydrogens (tertiary/aromatic N) is 2. The van der Waals surface area contributed by atoms with Crippen LogP contribution in [0.4, 0.5) is 16.2 Å². The summed E-state index contributed by atoms with van der Waals surface area (Å²) < 4.78 is 0. The lowest BCUT2D eigenvalue weighted by atomic mass is 10.2. The SMILES string of the molecule is O=C(Nc1ccccc1)c1ccc(NC(=O)N(Cc2ccccn2)C2CC2)cc1. The quantitative estimate of drug-likeness (QED) is 0.654. The maximum Gasteiger partial charge on any atom is 0.322 e. The lowest BCUT2D eigenvalue weighted by Crippen LogP contribution is -2.36. The lowest BCUT2D eigenvalue weighted by molar-refractivity contribution is 0.102. The Morgan fingerprint density at radius 1 is 0.862 bits per heavy atom. The first kappa shape index (κ1) is 18.7. The first-order valence-electron chi connectivity index (χ1n) is 9.63. The third-order valence-electron chi connectivity index (χ3n) is 4.74. The largest absolute Gasteiger partial charge is 0.322 e. The number of hydrogen-bond donors (Lipinski definition) is 2. The van der Waals surface area contributed by atoms with Crippen LogP contribution in [-0.2, 0) is 6.54 Å². The molecule has 6 heteroatoms. The van der Waals surface area contributed by atoms with Crippen molar-refractivity contribution in [2.24, 2.45) is 0 Å². The van der Waals surface area contributed by atoms with Gasteiger partial charge in [0.2, 0.25) is 0 Å². The van der Waals surface area contributed by atoms with Crippen molar-refractivity contribution in [2.75, 3.05) is 10.6 Å². The molecular weight excluding hydrogens is 364 g/mol. The van der Waals surface area contributed by atoms with Crippen LogP contribution in [0.3, 0.4) is 0 Å². The molecule has 1 aromatic heterocycles. The summed E-state index contributed by atoms with van der Waals surface area (Å²) in [4.78, 5) is 31.2. The fourth-order valence-electron chi connectivity index (χ4n) is 3.04. The van der Waals surface area contributed by atoms with Gasteiger partial charge in [-0.3, -0.25) is 9.78 Å². The van der Waals surface area contributed by atoms with Crippen molar-refractivity contribution in [1.82, 2.24) is 9.88 Å². The summed E-state index contributed by atoms with van der Waals surface area (Å²) in [6.45, 7) is 0.481. The minimum absolute atomic E-state index is 0.153. The average molecular weight is 386 g/mol. The van der Waals surface area contributed by atoms with E-state index in [1.807, 2.05) is 53.4 Å². The standard InChI is InChI=1S/C23H22N4O2/c28-22(25-18-6-2-1-3-7-18)17-9-11-19(12-10-17)26-23(29)27(21-13-14-21)16-20-8-4-5-15-24-20/h1-12,15,21H,13-14,16H2,(H,25,28)(H,26,29). The third-order valence-corrected chi connectivity index (χ3v) is 4.74. The Bertz CT molecular complexity index is 971. The van der Waals surface area contributed by atoms with Crippen molar-refractivity contribution in [3.8, 4) is 0 Å². The van der Waals surface area contributed by atoms with Gasteiger partial charge in [-0.05, 0) is 61.4 Å². The van der Waals surface area contributed by atoms with Gasteiger partial charge in [-0.1, -0.05) is 24.3 Å². The van der Waals surface area contributed by atoms with E-state index in [0.29, 0.717) is 17.8 Å². The number of amides is 3.